The number of nitrogens with zero attached hydrogens (tertiary/aromatic N) is 1. The van der Waals surface area contributed by atoms with E-state index in [1.54, 1.807) is 7.11 Å². The predicted octanol–water partition coefficient (Wildman–Crippen LogP) is 2.66. The minimum atomic E-state index is 0.258. The maximum absolute atomic E-state index is 6.03. The number of methoxy groups -OCH3 is 1. The molecule has 0 aliphatic rings. The van der Waals surface area contributed by atoms with Gasteiger partial charge in [-0.3, -0.25) is 4.90 Å². The Morgan fingerprint density at radius 1 is 1.21 bits per heavy atom. The minimum Gasteiger partial charge on any atom is -0.383 e. The van der Waals surface area contributed by atoms with E-state index in [9.17, 15) is 0 Å². The van der Waals surface area contributed by atoms with Crippen LogP contribution in [0.1, 0.15) is 36.6 Å². The third kappa shape index (κ3) is 4.30. The lowest BCUT2D eigenvalue weighted by Gasteiger charge is -2.35. The topological polar surface area (TPSA) is 38.5 Å². The second-order valence-corrected chi connectivity index (χ2v) is 5.31. The monoisotopic (exact) mass is 264 g/mol. The highest BCUT2D eigenvalue weighted by Gasteiger charge is 2.22. The first-order valence-electron chi connectivity index (χ1n) is 7.06. The number of benzene rings is 1. The van der Waals surface area contributed by atoms with E-state index in [4.69, 9.17) is 10.5 Å². The molecule has 0 saturated carbocycles. The summed E-state index contributed by atoms with van der Waals surface area (Å²) in [5, 5.41) is 0. The van der Waals surface area contributed by atoms with E-state index in [2.05, 4.69) is 50.8 Å². The first kappa shape index (κ1) is 16.2. The van der Waals surface area contributed by atoms with Crippen LogP contribution in [0.3, 0.4) is 0 Å². The fraction of sp³-hybridized carbons (Fsp3) is 0.625. The highest BCUT2D eigenvalue weighted by Crippen LogP contribution is 2.24. The Labute approximate surface area is 117 Å². The van der Waals surface area contributed by atoms with Crippen LogP contribution in [0, 0.1) is 13.8 Å². The third-order valence-electron chi connectivity index (χ3n) is 3.59. The summed E-state index contributed by atoms with van der Waals surface area (Å²) < 4.78 is 5.28. The van der Waals surface area contributed by atoms with Crippen molar-refractivity contribution in [2.24, 2.45) is 5.73 Å². The quantitative estimate of drug-likeness (QED) is 0.823. The Kier molecular flexibility index (Phi) is 6.49. The standard InChI is InChI=1S/C16H28N2O/c1-6-18(14(4)11-19-5)16(10-17)15-8-12(2)7-13(3)9-15/h7-9,14,16H,6,10-11,17H2,1-5H3. The molecule has 0 spiro atoms. The van der Waals surface area contributed by atoms with Crippen molar-refractivity contribution in [3.8, 4) is 0 Å². The lowest BCUT2D eigenvalue weighted by Crippen LogP contribution is -2.42. The molecule has 0 aromatic heterocycles. The minimum absolute atomic E-state index is 0.258. The van der Waals surface area contributed by atoms with Gasteiger partial charge in [-0.1, -0.05) is 36.2 Å². The van der Waals surface area contributed by atoms with Crippen LogP contribution >= 0.6 is 0 Å². The normalized spacial score (nSPS) is 14.7. The van der Waals surface area contributed by atoms with Crippen molar-refractivity contribution in [2.45, 2.75) is 39.8 Å². The van der Waals surface area contributed by atoms with Gasteiger partial charge in [0.25, 0.3) is 0 Å². The lowest BCUT2D eigenvalue weighted by atomic mass is 9.99. The molecule has 0 aliphatic carbocycles. The molecule has 2 atom stereocenters. The van der Waals surface area contributed by atoms with Crippen LogP contribution in [-0.4, -0.2) is 37.7 Å². The first-order chi connectivity index (χ1) is 9.03. The number of aryl methyl sites for hydroxylation is 2. The average Bonchev–Trinajstić information content (AvgIpc) is 2.34. The van der Waals surface area contributed by atoms with Gasteiger partial charge >= 0.3 is 0 Å². The van der Waals surface area contributed by atoms with E-state index in [1.165, 1.54) is 16.7 Å². The molecule has 2 N–H and O–H groups in total. The van der Waals surface area contributed by atoms with Gasteiger partial charge in [0.2, 0.25) is 0 Å². The van der Waals surface area contributed by atoms with Crippen LogP contribution in [0.4, 0.5) is 0 Å². The van der Waals surface area contributed by atoms with Gasteiger partial charge in [-0.25, -0.2) is 0 Å². The van der Waals surface area contributed by atoms with Crippen molar-refractivity contribution in [2.75, 3.05) is 26.8 Å². The summed E-state index contributed by atoms with van der Waals surface area (Å²) in [6, 6.07) is 7.31. The van der Waals surface area contributed by atoms with E-state index >= 15 is 0 Å². The molecule has 0 radical (unpaired) electrons. The summed E-state index contributed by atoms with van der Waals surface area (Å²) in [7, 11) is 1.75. The van der Waals surface area contributed by atoms with Crippen LogP contribution in [0.15, 0.2) is 18.2 Å². The zero-order valence-corrected chi connectivity index (χ0v) is 12.9. The lowest BCUT2D eigenvalue weighted by molar-refractivity contribution is 0.0751. The number of ether oxygens (including phenoxy) is 1. The molecular formula is C16H28N2O. The largest absolute Gasteiger partial charge is 0.383 e. The summed E-state index contributed by atoms with van der Waals surface area (Å²) in [5.74, 6) is 0. The van der Waals surface area contributed by atoms with Gasteiger partial charge in [0, 0.05) is 25.7 Å². The van der Waals surface area contributed by atoms with E-state index in [0.717, 1.165) is 13.2 Å². The van der Waals surface area contributed by atoms with Crippen LogP contribution in [0.5, 0.6) is 0 Å². The smallest absolute Gasteiger partial charge is 0.0615 e. The Balaban J connectivity index is 3.02. The molecule has 1 aromatic rings. The molecule has 0 fully saturated rings. The van der Waals surface area contributed by atoms with Crippen molar-refractivity contribution >= 4 is 0 Å². The van der Waals surface area contributed by atoms with E-state index in [1.807, 2.05) is 0 Å². The van der Waals surface area contributed by atoms with Crippen LogP contribution in [0.25, 0.3) is 0 Å². The van der Waals surface area contributed by atoms with Gasteiger partial charge in [0.05, 0.1) is 6.61 Å². The Hall–Kier alpha value is -0.900. The summed E-state index contributed by atoms with van der Waals surface area (Å²) in [6.45, 7) is 11.0. The van der Waals surface area contributed by atoms with E-state index in [0.29, 0.717) is 12.6 Å². The van der Waals surface area contributed by atoms with Crippen LogP contribution in [0.2, 0.25) is 0 Å². The predicted molar refractivity (Wildman–Crippen MR) is 81.4 cm³/mol. The van der Waals surface area contributed by atoms with Gasteiger partial charge in [0.1, 0.15) is 0 Å². The number of rotatable bonds is 7. The molecule has 3 nitrogen and oxygen atoms in total. The van der Waals surface area contributed by atoms with Crippen molar-refractivity contribution in [3.63, 3.8) is 0 Å². The molecule has 0 saturated heterocycles. The number of hydrogen-bond donors (Lipinski definition) is 1. The van der Waals surface area contributed by atoms with Gasteiger partial charge in [0.15, 0.2) is 0 Å². The second kappa shape index (κ2) is 7.63. The molecule has 1 aromatic carbocycles. The van der Waals surface area contributed by atoms with Crippen molar-refractivity contribution in [3.05, 3.63) is 34.9 Å². The Morgan fingerprint density at radius 2 is 1.79 bits per heavy atom. The fourth-order valence-electron chi connectivity index (χ4n) is 2.84. The maximum atomic E-state index is 6.03. The fourth-order valence-corrected chi connectivity index (χ4v) is 2.84. The number of hydrogen-bond acceptors (Lipinski definition) is 3. The highest BCUT2D eigenvalue weighted by molar-refractivity contribution is 5.31. The molecule has 0 bridgehead atoms. The maximum Gasteiger partial charge on any atom is 0.0615 e. The number of nitrogens with two attached hydrogens (primary N) is 1. The summed E-state index contributed by atoms with van der Waals surface area (Å²) in [6.07, 6.45) is 0. The molecule has 3 heteroatoms. The van der Waals surface area contributed by atoms with E-state index in [-0.39, 0.29) is 6.04 Å². The van der Waals surface area contributed by atoms with Gasteiger partial charge in [-0.05, 0) is 32.9 Å². The Bertz CT molecular complexity index is 372. The molecular weight excluding hydrogens is 236 g/mol. The highest BCUT2D eigenvalue weighted by atomic mass is 16.5. The van der Waals surface area contributed by atoms with Crippen molar-refractivity contribution in [1.29, 1.82) is 0 Å². The van der Waals surface area contributed by atoms with Crippen LogP contribution in [-0.2, 0) is 4.74 Å². The molecule has 2 unspecified atom stereocenters. The van der Waals surface area contributed by atoms with Crippen LogP contribution < -0.4 is 5.73 Å². The van der Waals surface area contributed by atoms with Crippen molar-refractivity contribution in [1.82, 2.24) is 4.90 Å². The molecule has 1 rings (SSSR count). The average molecular weight is 264 g/mol. The summed E-state index contributed by atoms with van der Waals surface area (Å²) in [4.78, 5) is 2.41. The molecule has 108 valence electrons. The van der Waals surface area contributed by atoms with Gasteiger partial charge in [-0.15, -0.1) is 0 Å². The SMILES string of the molecule is CCN(C(C)COC)C(CN)c1cc(C)cc(C)c1. The van der Waals surface area contributed by atoms with Gasteiger partial charge < -0.3 is 10.5 Å². The third-order valence-corrected chi connectivity index (χ3v) is 3.59. The van der Waals surface area contributed by atoms with E-state index < -0.39 is 0 Å². The second-order valence-electron chi connectivity index (χ2n) is 5.31. The molecule has 0 aliphatic heterocycles. The first-order valence-corrected chi connectivity index (χ1v) is 7.06. The molecule has 0 heterocycles. The summed E-state index contributed by atoms with van der Waals surface area (Å²) >= 11 is 0. The zero-order valence-electron chi connectivity index (χ0n) is 12.9. The zero-order chi connectivity index (χ0) is 14.4. The number of likely N-dealkylation sites (N-methyl/N-ethyl adjacent to an activating group) is 1. The summed E-state index contributed by atoms with van der Waals surface area (Å²) in [5.41, 5.74) is 9.93. The van der Waals surface area contributed by atoms with Gasteiger partial charge in [-0.2, -0.15) is 0 Å². The van der Waals surface area contributed by atoms with Crippen molar-refractivity contribution < 1.29 is 4.74 Å². The molecule has 0 amide bonds. The Morgan fingerprint density at radius 3 is 2.21 bits per heavy atom. The molecule has 19 heavy (non-hydrogen) atoms.